The Morgan fingerprint density at radius 2 is 2.00 bits per heavy atom. The van der Waals surface area contributed by atoms with Crippen LogP contribution in [0.5, 0.6) is 0 Å². The second kappa shape index (κ2) is 7.31. The number of pyridine rings is 1. The quantitative estimate of drug-likeness (QED) is 0.576. The van der Waals surface area contributed by atoms with E-state index in [-0.39, 0.29) is 5.91 Å². The number of para-hydroxylation sites is 1. The number of hydrogen-bond donors (Lipinski definition) is 1. The van der Waals surface area contributed by atoms with Gasteiger partial charge < -0.3 is 9.73 Å². The number of aromatic nitrogens is 3. The zero-order valence-electron chi connectivity index (χ0n) is 16.2. The van der Waals surface area contributed by atoms with Gasteiger partial charge in [-0.3, -0.25) is 9.48 Å². The van der Waals surface area contributed by atoms with Crippen molar-refractivity contribution >= 4 is 16.8 Å². The number of aryl methyl sites for hydroxylation is 2. The Hall–Kier alpha value is -3.41. The SMILES string of the molecule is Cc1nn(C)c(C)c1CCNC(=O)c1cc(-c2ccco2)nc2ccccc12. The first-order valence-corrected chi connectivity index (χ1v) is 9.25. The summed E-state index contributed by atoms with van der Waals surface area (Å²) in [6, 6.07) is 13.1. The van der Waals surface area contributed by atoms with Crippen LogP contribution in [0.15, 0.2) is 53.1 Å². The summed E-state index contributed by atoms with van der Waals surface area (Å²) in [5.41, 5.74) is 5.31. The zero-order chi connectivity index (χ0) is 19.7. The second-order valence-electron chi connectivity index (χ2n) is 6.83. The van der Waals surface area contributed by atoms with Gasteiger partial charge in [0.05, 0.1) is 23.0 Å². The predicted octanol–water partition coefficient (Wildman–Crippen LogP) is 3.82. The number of rotatable bonds is 5. The van der Waals surface area contributed by atoms with Crippen molar-refractivity contribution in [2.45, 2.75) is 20.3 Å². The smallest absolute Gasteiger partial charge is 0.252 e. The summed E-state index contributed by atoms with van der Waals surface area (Å²) < 4.78 is 7.34. The van der Waals surface area contributed by atoms with E-state index in [0.29, 0.717) is 23.6 Å². The number of amides is 1. The van der Waals surface area contributed by atoms with Crippen molar-refractivity contribution in [2.24, 2.45) is 7.05 Å². The number of furan rings is 1. The average molecular weight is 374 g/mol. The molecule has 142 valence electrons. The number of hydrogen-bond acceptors (Lipinski definition) is 4. The molecule has 28 heavy (non-hydrogen) atoms. The highest BCUT2D eigenvalue weighted by molar-refractivity contribution is 6.07. The monoisotopic (exact) mass is 374 g/mol. The van der Waals surface area contributed by atoms with Gasteiger partial charge in [0.25, 0.3) is 5.91 Å². The molecule has 0 aliphatic carbocycles. The standard InChI is InChI=1S/C22H22N4O2/c1-14-16(15(2)26(3)25-14)10-11-23-22(27)18-13-20(21-9-6-12-28-21)24-19-8-5-4-7-17(18)19/h4-9,12-13H,10-11H2,1-3H3,(H,23,27). The Morgan fingerprint density at radius 3 is 2.71 bits per heavy atom. The van der Waals surface area contributed by atoms with Crippen molar-refractivity contribution < 1.29 is 9.21 Å². The lowest BCUT2D eigenvalue weighted by Gasteiger charge is -2.10. The normalized spacial score (nSPS) is 11.1. The molecule has 1 amide bonds. The average Bonchev–Trinajstić information content (AvgIpc) is 3.31. The first-order valence-electron chi connectivity index (χ1n) is 9.25. The van der Waals surface area contributed by atoms with Gasteiger partial charge in [-0.05, 0) is 50.1 Å². The molecule has 0 saturated heterocycles. The Morgan fingerprint density at radius 1 is 1.18 bits per heavy atom. The fourth-order valence-corrected chi connectivity index (χ4v) is 3.49. The summed E-state index contributed by atoms with van der Waals surface area (Å²) in [6.45, 7) is 4.58. The van der Waals surface area contributed by atoms with Crippen LogP contribution < -0.4 is 5.32 Å². The maximum Gasteiger partial charge on any atom is 0.252 e. The Kier molecular flexibility index (Phi) is 4.69. The van der Waals surface area contributed by atoms with Crippen molar-refractivity contribution in [1.29, 1.82) is 0 Å². The van der Waals surface area contributed by atoms with E-state index >= 15 is 0 Å². The molecule has 0 aliphatic heterocycles. The van der Waals surface area contributed by atoms with Crippen molar-refractivity contribution in [3.63, 3.8) is 0 Å². The molecule has 0 bridgehead atoms. The topological polar surface area (TPSA) is 73.0 Å². The number of benzene rings is 1. The van der Waals surface area contributed by atoms with Gasteiger partial charge in [0.1, 0.15) is 5.69 Å². The number of carbonyl (C=O) groups excluding carboxylic acids is 1. The Bertz CT molecular complexity index is 1140. The molecule has 0 saturated carbocycles. The highest BCUT2D eigenvalue weighted by Crippen LogP contribution is 2.25. The third-order valence-electron chi connectivity index (χ3n) is 5.05. The summed E-state index contributed by atoms with van der Waals surface area (Å²) in [5.74, 6) is 0.520. The van der Waals surface area contributed by atoms with Crippen LogP contribution in [0.1, 0.15) is 27.3 Å². The molecule has 0 atom stereocenters. The summed E-state index contributed by atoms with van der Waals surface area (Å²) >= 11 is 0. The zero-order valence-corrected chi connectivity index (χ0v) is 16.2. The molecule has 0 spiro atoms. The minimum absolute atomic E-state index is 0.120. The number of nitrogens with zero attached hydrogens (tertiary/aromatic N) is 3. The van der Waals surface area contributed by atoms with E-state index in [1.807, 2.05) is 62.0 Å². The lowest BCUT2D eigenvalue weighted by molar-refractivity contribution is 0.0955. The fourth-order valence-electron chi connectivity index (χ4n) is 3.49. The van der Waals surface area contributed by atoms with Gasteiger partial charge in [-0.25, -0.2) is 4.98 Å². The molecular weight excluding hydrogens is 352 g/mol. The molecule has 0 radical (unpaired) electrons. The minimum Gasteiger partial charge on any atom is -0.463 e. The van der Waals surface area contributed by atoms with Crippen LogP contribution in [0.4, 0.5) is 0 Å². The second-order valence-corrected chi connectivity index (χ2v) is 6.83. The van der Waals surface area contributed by atoms with Gasteiger partial charge in [-0.1, -0.05) is 18.2 Å². The molecule has 4 aromatic rings. The molecule has 6 heteroatoms. The van der Waals surface area contributed by atoms with Gasteiger partial charge in [-0.15, -0.1) is 0 Å². The third-order valence-corrected chi connectivity index (χ3v) is 5.05. The van der Waals surface area contributed by atoms with Crippen LogP contribution in [-0.4, -0.2) is 27.2 Å². The third kappa shape index (κ3) is 3.29. The highest BCUT2D eigenvalue weighted by atomic mass is 16.3. The summed E-state index contributed by atoms with van der Waals surface area (Å²) in [4.78, 5) is 17.6. The van der Waals surface area contributed by atoms with Gasteiger partial charge in [0.15, 0.2) is 5.76 Å². The van der Waals surface area contributed by atoms with E-state index in [4.69, 9.17) is 4.42 Å². The molecular formula is C22H22N4O2. The molecule has 3 aromatic heterocycles. The van der Waals surface area contributed by atoms with Gasteiger partial charge in [-0.2, -0.15) is 5.10 Å². The number of carbonyl (C=O) groups is 1. The van der Waals surface area contributed by atoms with Crippen LogP contribution in [0.3, 0.4) is 0 Å². The van der Waals surface area contributed by atoms with Gasteiger partial charge in [0, 0.05) is 24.7 Å². The van der Waals surface area contributed by atoms with Crippen molar-refractivity contribution in [3.05, 3.63) is 71.2 Å². The summed E-state index contributed by atoms with van der Waals surface area (Å²) in [7, 11) is 1.93. The van der Waals surface area contributed by atoms with Gasteiger partial charge in [0.2, 0.25) is 0 Å². The van der Waals surface area contributed by atoms with Crippen LogP contribution in [-0.2, 0) is 13.5 Å². The van der Waals surface area contributed by atoms with E-state index < -0.39 is 0 Å². The molecule has 4 rings (SSSR count). The maximum absolute atomic E-state index is 13.0. The summed E-state index contributed by atoms with van der Waals surface area (Å²) in [5, 5.41) is 8.30. The van der Waals surface area contributed by atoms with E-state index in [2.05, 4.69) is 15.4 Å². The van der Waals surface area contributed by atoms with Gasteiger partial charge >= 0.3 is 0 Å². The highest BCUT2D eigenvalue weighted by Gasteiger charge is 2.15. The predicted molar refractivity (Wildman–Crippen MR) is 108 cm³/mol. The molecule has 1 aromatic carbocycles. The lowest BCUT2D eigenvalue weighted by Crippen LogP contribution is -2.26. The van der Waals surface area contributed by atoms with Crippen LogP contribution in [0.2, 0.25) is 0 Å². The molecule has 0 aliphatic rings. The molecule has 3 heterocycles. The van der Waals surface area contributed by atoms with Crippen LogP contribution >= 0.6 is 0 Å². The van der Waals surface area contributed by atoms with E-state index in [0.717, 1.165) is 28.7 Å². The molecule has 0 unspecified atom stereocenters. The van der Waals surface area contributed by atoms with Crippen molar-refractivity contribution in [1.82, 2.24) is 20.1 Å². The molecule has 0 fully saturated rings. The maximum atomic E-state index is 13.0. The van der Waals surface area contributed by atoms with E-state index in [1.165, 1.54) is 5.56 Å². The minimum atomic E-state index is -0.120. The Labute approximate surface area is 163 Å². The van der Waals surface area contributed by atoms with Crippen LogP contribution in [0.25, 0.3) is 22.4 Å². The first-order chi connectivity index (χ1) is 13.5. The van der Waals surface area contributed by atoms with Crippen molar-refractivity contribution in [2.75, 3.05) is 6.54 Å². The van der Waals surface area contributed by atoms with Crippen LogP contribution in [0, 0.1) is 13.8 Å². The number of fused-ring (bicyclic) bond motifs is 1. The Balaban J connectivity index is 1.60. The first kappa shape index (κ1) is 18.0. The van der Waals surface area contributed by atoms with Crippen molar-refractivity contribution in [3.8, 4) is 11.5 Å². The lowest BCUT2D eigenvalue weighted by atomic mass is 10.1. The van der Waals surface area contributed by atoms with E-state index in [9.17, 15) is 4.79 Å². The largest absolute Gasteiger partial charge is 0.463 e. The molecule has 1 N–H and O–H groups in total. The summed E-state index contributed by atoms with van der Waals surface area (Å²) in [6.07, 6.45) is 2.34. The fraction of sp³-hybridized carbons (Fsp3) is 0.227. The number of nitrogens with one attached hydrogen (secondary N) is 1. The molecule has 6 nitrogen and oxygen atoms in total. The van der Waals surface area contributed by atoms with E-state index in [1.54, 1.807) is 12.3 Å².